The summed E-state index contributed by atoms with van der Waals surface area (Å²) in [6.45, 7) is 1.67. The number of nitro benzene ring substituents is 1. The van der Waals surface area contributed by atoms with Crippen LogP contribution in [0.25, 0.3) is 6.08 Å². The van der Waals surface area contributed by atoms with Crippen molar-refractivity contribution in [1.29, 1.82) is 0 Å². The maximum Gasteiger partial charge on any atom is 0.272 e. The van der Waals surface area contributed by atoms with Gasteiger partial charge in [0.05, 0.1) is 10.7 Å². The Labute approximate surface area is 261 Å². The van der Waals surface area contributed by atoms with Gasteiger partial charge in [-0.15, -0.1) is 11.8 Å². The van der Waals surface area contributed by atoms with Crippen molar-refractivity contribution in [3.05, 3.63) is 134 Å². The van der Waals surface area contributed by atoms with Crippen molar-refractivity contribution in [3.8, 4) is 0 Å². The Hall–Kier alpha value is -4.64. The number of nitrogens with zero attached hydrogens (tertiary/aromatic N) is 1. The van der Waals surface area contributed by atoms with E-state index >= 15 is 0 Å². The lowest BCUT2D eigenvalue weighted by molar-refractivity contribution is -0.384. The Kier molecular flexibility index (Phi) is 10.6. The van der Waals surface area contributed by atoms with Crippen LogP contribution in [0.1, 0.15) is 21.5 Å². The van der Waals surface area contributed by atoms with E-state index in [1.54, 1.807) is 79.7 Å². The first-order valence-corrected chi connectivity index (χ1v) is 14.5. The molecule has 0 fully saturated rings. The summed E-state index contributed by atoms with van der Waals surface area (Å²) in [6, 6.07) is 24.4. The van der Waals surface area contributed by atoms with Gasteiger partial charge in [0.2, 0.25) is 5.91 Å². The van der Waals surface area contributed by atoms with Crippen molar-refractivity contribution in [2.45, 2.75) is 11.8 Å². The van der Waals surface area contributed by atoms with E-state index in [4.69, 9.17) is 23.2 Å². The minimum Gasteiger partial charge on any atom is -0.325 e. The van der Waals surface area contributed by atoms with Crippen molar-refractivity contribution < 1.29 is 19.3 Å². The predicted molar refractivity (Wildman–Crippen MR) is 171 cm³/mol. The van der Waals surface area contributed by atoms with E-state index in [0.29, 0.717) is 43.0 Å². The van der Waals surface area contributed by atoms with Crippen molar-refractivity contribution in [1.82, 2.24) is 5.32 Å². The van der Waals surface area contributed by atoms with Gasteiger partial charge in [-0.1, -0.05) is 53.5 Å². The number of halogens is 2. The first-order valence-electron chi connectivity index (χ1n) is 12.7. The van der Waals surface area contributed by atoms with Crippen molar-refractivity contribution in [2.24, 2.45) is 0 Å². The molecule has 0 unspecified atom stereocenters. The van der Waals surface area contributed by atoms with E-state index in [-0.39, 0.29) is 23.0 Å². The van der Waals surface area contributed by atoms with Crippen molar-refractivity contribution in [2.75, 3.05) is 16.4 Å². The fraction of sp³-hybridized carbons (Fsp3) is 0.0645. The summed E-state index contributed by atoms with van der Waals surface area (Å²) >= 11 is 13.9. The SMILES string of the molecule is Cc1cc([N+](=O)[O-])ccc1NC(=O)CSc1cccc(NC(=O)/C(=C\c2c(Cl)cccc2Cl)NC(=O)c2ccccc2)c1. The molecule has 0 saturated carbocycles. The first kappa shape index (κ1) is 31.3. The zero-order chi connectivity index (χ0) is 30.9. The first-order chi connectivity index (χ1) is 20.6. The Morgan fingerprint density at radius 3 is 2.26 bits per heavy atom. The molecule has 0 atom stereocenters. The second-order valence-corrected chi connectivity index (χ2v) is 11.0. The second-order valence-electron chi connectivity index (χ2n) is 9.09. The molecule has 3 N–H and O–H groups in total. The van der Waals surface area contributed by atoms with Crippen LogP contribution in [0.15, 0.2) is 102 Å². The second kappa shape index (κ2) is 14.5. The fourth-order valence-corrected chi connectivity index (χ4v) is 5.10. The Bertz CT molecular complexity index is 1710. The molecule has 3 amide bonds. The molecule has 0 heterocycles. The van der Waals surface area contributed by atoms with Gasteiger partial charge in [-0.3, -0.25) is 24.5 Å². The van der Waals surface area contributed by atoms with E-state index in [2.05, 4.69) is 16.0 Å². The molecule has 218 valence electrons. The van der Waals surface area contributed by atoms with E-state index < -0.39 is 16.7 Å². The number of thioether (sulfide) groups is 1. The molecule has 9 nitrogen and oxygen atoms in total. The third kappa shape index (κ3) is 8.68. The number of carbonyl (C=O) groups is 3. The molecule has 0 aromatic heterocycles. The van der Waals surface area contributed by atoms with E-state index in [9.17, 15) is 24.5 Å². The highest BCUT2D eigenvalue weighted by atomic mass is 35.5. The number of anilines is 2. The highest BCUT2D eigenvalue weighted by Gasteiger charge is 2.17. The maximum atomic E-state index is 13.4. The minimum atomic E-state index is -0.617. The Morgan fingerprint density at radius 2 is 1.58 bits per heavy atom. The van der Waals surface area contributed by atoms with Crippen LogP contribution in [0, 0.1) is 17.0 Å². The molecule has 0 radical (unpaired) electrons. The summed E-state index contributed by atoms with van der Waals surface area (Å²) in [5, 5.41) is 19.7. The molecular weight excluding hydrogens is 611 g/mol. The van der Waals surface area contributed by atoms with Crippen LogP contribution in [0.3, 0.4) is 0 Å². The Morgan fingerprint density at radius 1 is 0.884 bits per heavy atom. The molecule has 12 heteroatoms. The number of rotatable bonds is 10. The van der Waals surface area contributed by atoms with Crippen molar-refractivity contribution >= 4 is 75.8 Å². The van der Waals surface area contributed by atoms with Gasteiger partial charge in [0.15, 0.2) is 0 Å². The number of nitrogens with one attached hydrogen (secondary N) is 3. The summed E-state index contributed by atoms with van der Waals surface area (Å²) in [6.07, 6.45) is 1.41. The number of hydrogen-bond acceptors (Lipinski definition) is 6. The predicted octanol–water partition coefficient (Wildman–Crippen LogP) is 7.35. The molecule has 0 bridgehead atoms. The average Bonchev–Trinajstić information content (AvgIpc) is 2.99. The zero-order valence-corrected chi connectivity index (χ0v) is 24.9. The minimum absolute atomic E-state index is 0.0527. The summed E-state index contributed by atoms with van der Waals surface area (Å²) in [5.74, 6) is -1.36. The third-order valence-corrected chi connectivity index (χ3v) is 7.63. The lowest BCUT2D eigenvalue weighted by atomic mass is 10.1. The van der Waals surface area contributed by atoms with Crippen LogP contribution >= 0.6 is 35.0 Å². The van der Waals surface area contributed by atoms with Crippen LogP contribution in [-0.2, 0) is 9.59 Å². The molecule has 0 aliphatic carbocycles. The highest BCUT2D eigenvalue weighted by Crippen LogP contribution is 2.28. The fourth-order valence-electron chi connectivity index (χ4n) is 3.83. The molecule has 0 aliphatic rings. The van der Waals surface area contributed by atoms with Gasteiger partial charge < -0.3 is 16.0 Å². The number of aryl methyl sites for hydroxylation is 1. The standard InChI is InChI=1S/C31H24Cl2N4O5S/c1-19-15-22(37(41)42)13-14-27(19)35-29(38)18-43-23-10-5-9-21(16-23)34-31(40)28(17-24-25(32)11-6-12-26(24)33)36-30(39)20-7-3-2-4-8-20/h2-17H,18H2,1H3,(H,34,40)(H,35,38)(H,36,39)/b28-17+. The summed E-state index contributed by atoms with van der Waals surface area (Å²) in [4.78, 5) is 50.0. The zero-order valence-electron chi connectivity index (χ0n) is 22.6. The average molecular weight is 636 g/mol. The van der Waals surface area contributed by atoms with Crippen LogP contribution in [0.4, 0.5) is 17.1 Å². The van der Waals surface area contributed by atoms with Gasteiger partial charge in [0.1, 0.15) is 5.70 Å². The van der Waals surface area contributed by atoms with Crippen LogP contribution in [-0.4, -0.2) is 28.4 Å². The van der Waals surface area contributed by atoms with E-state index in [1.807, 2.05) is 0 Å². The third-order valence-electron chi connectivity index (χ3n) is 5.97. The van der Waals surface area contributed by atoms with E-state index in [0.717, 1.165) is 0 Å². The number of hydrogen-bond donors (Lipinski definition) is 3. The van der Waals surface area contributed by atoms with E-state index in [1.165, 1.54) is 36.0 Å². The topological polar surface area (TPSA) is 130 Å². The molecule has 4 aromatic carbocycles. The normalized spacial score (nSPS) is 11.0. The number of amides is 3. The maximum absolute atomic E-state index is 13.4. The number of benzene rings is 4. The highest BCUT2D eigenvalue weighted by molar-refractivity contribution is 8.00. The van der Waals surface area contributed by atoms with Crippen LogP contribution < -0.4 is 16.0 Å². The van der Waals surface area contributed by atoms with Crippen molar-refractivity contribution in [3.63, 3.8) is 0 Å². The monoisotopic (exact) mass is 634 g/mol. The molecule has 43 heavy (non-hydrogen) atoms. The summed E-state index contributed by atoms with van der Waals surface area (Å²) in [5.41, 5.74) is 2.05. The van der Waals surface area contributed by atoms with Gasteiger partial charge in [0.25, 0.3) is 17.5 Å². The lowest BCUT2D eigenvalue weighted by Gasteiger charge is -2.13. The molecular formula is C31H24Cl2N4O5S. The van der Waals surface area contributed by atoms with Gasteiger partial charge in [-0.25, -0.2) is 0 Å². The van der Waals surface area contributed by atoms with Gasteiger partial charge >= 0.3 is 0 Å². The van der Waals surface area contributed by atoms with Gasteiger partial charge in [-0.05, 0) is 67.1 Å². The summed E-state index contributed by atoms with van der Waals surface area (Å²) in [7, 11) is 0. The number of nitro groups is 1. The quantitative estimate of drug-likeness (QED) is 0.0723. The number of carbonyl (C=O) groups excluding carboxylic acids is 3. The molecule has 4 rings (SSSR count). The number of non-ortho nitro benzene ring substituents is 1. The van der Waals surface area contributed by atoms with Crippen LogP contribution in [0.5, 0.6) is 0 Å². The van der Waals surface area contributed by atoms with Gasteiger partial charge in [-0.2, -0.15) is 0 Å². The van der Waals surface area contributed by atoms with Gasteiger partial charge in [0, 0.05) is 49.6 Å². The summed E-state index contributed by atoms with van der Waals surface area (Å²) < 4.78 is 0. The lowest BCUT2D eigenvalue weighted by Crippen LogP contribution is -2.30. The smallest absolute Gasteiger partial charge is 0.272 e. The largest absolute Gasteiger partial charge is 0.325 e. The van der Waals surface area contributed by atoms with Crippen LogP contribution in [0.2, 0.25) is 10.0 Å². The molecule has 0 saturated heterocycles. The molecule has 0 spiro atoms. The molecule has 0 aliphatic heterocycles. The Balaban J connectivity index is 1.47. The molecule has 4 aromatic rings.